The van der Waals surface area contributed by atoms with Crippen molar-refractivity contribution in [3.05, 3.63) is 51.7 Å². The van der Waals surface area contributed by atoms with Gasteiger partial charge in [0.15, 0.2) is 0 Å². The van der Waals surface area contributed by atoms with Crippen LogP contribution in [0.5, 0.6) is 0 Å². The second-order valence-corrected chi connectivity index (χ2v) is 6.85. The summed E-state index contributed by atoms with van der Waals surface area (Å²) in [5.74, 6) is -1.67. The van der Waals surface area contributed by atoms with E-state index >= 15 is 0 Å². The standard InChI is InChI=1S/C16H14BrClN4O3/c17-10-6-12(19-7-10)16(25)21-20-15(24)9-5-14(23)22(8-9)13-4-2-1-3-11(13)18/h1-4,6-7,9,19H,5,8H2,(H,20,24)(H,21,25). The number of aromatic nitrogens is 1. The fraction of sp³-hybridized carbons (Fsp3) is 0.188. The first-order chi connectivity index (χ1) is 12.0. The summed E-state index contributed by atoms with van der Waals surface area (Å²) in [7, 11) is 0. The average Bonchev–Trinajstić information content (AvgIpc) is 3.19. The number of halogens is 2. The van der Waals surface area contributed by atoms with Gasteiger partial charge in [-0.15, -0.1) is 0 Å². The van der Waals surface area contributed by atoms with Gasteiger partial charge < -0.3 is 9.88 Å². The van der Waals surface area contributed by atoms with Crippen LogP contribution in [0.25, 0.3) is 0 Å². The van der Waals surface area contributed by atoms with Crippen LogP contribution in [-0.4, -0.2) is 29.3 Å². The van der Waals surface area contributed by atoms with E-state index in [0.29, 0.717) is 16.4 Å². The number of amides is 3. The van der Waals surface area contributed by atoms with Gasteiger partial charge in [-0.3, -0.25) is 25.2 Å². The molecule has 1 aliphatic heterocycles. The number of rotatable bonds is 3. The van der Waals surface area contributed by atoms with Gasteiger partial charge in [0.1, 0.15) is 5.69 Å². The van der Waals surface area contributed by atoms with Crippen molar-refractivity contribution in [1.29, 1.82) is 0 Å². The third-order valence-electron chi connectivity index (χ3n) is 3.83. The summed E-state index contributed by atoms with van der Waals surface area (Å²) in [6, 6.07) is 8.54. The fourth-order valence-corrected chi connectivity index (χ4v) is 3.15. The summed E-state index contributed by atoms with van der Waals surface area (Å²) in [6.45, 7) is 0.207. The van der Waals surface area contributed by atoms with Crippen molar-refractivity contribution in [1.82, 2.24) is 15.8 Å². The number of para-hydroxylation sites is 1. The normalized spacial score (nSPS) is 16.8. The predicted octanol–water partition coefficient (Wildman–Crippen LogP) is 2.24. The van der Waals surface area contributed by atoms with Gasteiger partial charge in [-0.1, -0.05) is 23.7 Å². The lowest BCUT2D eigenvalue weighted by Gasteiger charge is -2.18. The molecule has 25 heavy (non-hydrogen) atoms. The van der Waals surface area contributed by atoms with E-state index in [-0.39, 0.29) is 18.9 Å². The summed E-state index contributed by atoms with van der Waals surface area (Å²) < 4.78 is 0.723. The number of hydrogen-bond acceptors (Lipinski definition) is 3. The van der Waals surface area contributed by atoms with Gasteiger partial charge in [-0.05, 0) is 34.1 Å². The number of nitrogens with one attached hydrogen (secondary N) is 3. The van der Waals surface area contributed by atoms with E-state index in [9.17, 15) is 14.4 Å². The van der Waals surface area contributed by atoms with Gasteiger partial charge in [0.05, 0.1) is 16.6 Å². The zero-order valence-electron chi connectivity index (χ0n) is 12.9. The predicted molar refractivity (Wildman–Crippen MR) is 96.0 cm³/mol. The van der Waals surface area contributed by atoms with Gasteiger partial charge in [0.25, 0.3) is 5.91 Å². The van der Waals surface area contributed by atoms with Crippen LogP contribution in [0.15, 0.2) is 41.0 Å². The number of H-pyrrole nitrogens is 1. The van der Waals surface area contributed by atoms with Gasteiger partial charge in [-0.25, -0.2) is 0 Å². The molecule has 1 atom stereocenters. The SMILES string of the molecule is O=C(NNC(=O)C1CC(=O)N(c2ccccc2Cl)C1)c1cc(Br)c[nH]1. The van der Waals surface area contributed by atoms with E-state index in [1.165, 1.54) is 4.90 Å². The van der Waals surface area contributed by atoms with E-state index in [1.807, 2.05) is 0 Å². The molecule has 2 heterocycles. The molecule has 0 radical (unpaired) electrons. The quantitative estimate of drug-likeness (QED) is 0.658. The van der Waals surface area contributed by atoms with Crippen molar-refractivity contribution in [2.75, 3.05) is 11.4 Å². The smallest absolute Gasteiger partial charge is 0.286 e. The summed E-state index contributed by atoms with van der Waals surface area (Å²) >= 11 is 9.33. The Hall–Kier alpha value is -2.32. The zero-order chi connectivity index (χ0) is 18.0. The molecule has 9 heteroatoms. The molecule has 1 saturated heterocycles. The second kappa shape index (κ2) is 7.28. The van der Waals surface area contributed by atoms with Gasteiger partial charge in [0.2, 0.25) is 11.8 Å². The number of hydrazine groups is 1. The number of carbonyl (C=O) groups excluding carboxylic acids is 3. The highest BCUT2D eigenvalue weighted by atomic mass is 79.9. The minimum atomic E-state index is -0.570. The number of carbonyl (C=O) groups is 3. The van der Waals surface area contributed by atoms with Crippen LogP contribution >= 0.6 is 27.5 Å². The van der Waals surface area contributed by atoms with Gasteiger partial charge in [0, 0.05) is 23.6 Å². The number of nitrogens with zero attached hydrogens (tertiary/aromatic N) is 1. The molecule has 1 aromatic carbocycles. The monoisotopic (exact) mass is 424 g/mol. The molecule has 0 spiro atoms. The summed E-state index contributed by atoms with van der Waals surface area (Å²) in [4.78, 5) is 40.6. The van der Waals surface area contributed by atoms with Crippen molar-refractivity contribution < 1.29 is 14.4 Å². The molecule has 0 aliphatic carbocycles. The topological polar surface area (TPSA) is 94.3 Å². The first kappa shape index (κ1) is 17.5. The minimum absolute atomic E-state index is 0.0565. The lowest BCUT2D eigenvalue weighted by Crippen LogP contribution is -2.45. The lowest BCUT2D eigenvalue weighted by molar-refractivity contribution is -0.126. The van der Waals surface area contributed by atoms with E-state index in [0.717, 1.165) is 4.47 Å². The molecule has 1 aliphatic rings. The Bertz CT molecular complexity index is 838. The van der Waals surface area contributed by atoms with Crippen LogP contribution in [0.3, 0.4) is 0 Å². The van der Waals surface area contributed by atoms with Gasteiger partial charge in [-0.2, -0.15) is 0 Å². The summed E-state index contributed by atoms with van der Waals surface area (Å²) in [5, 5.41) is 0.447. The molecule has 2 aromatic rings. The van der Waals surface area contributed by atoms with Crippen molar-refractivity contribution in [3.63, 3.8) is 0 Å². The molecular formula is C16H14BrClN4O3. The van der Waals surface area contributed by atoms with Crippen LogP contribution in [0.1, 0.15) is 16.9 Å². The van der Waals surface area contributed by atoms with E-state index in [1.54, 1.807) is 36.5 Å². The Morgan fingerprint density at radius 1 is 1.28 bits per heavy atom. The highest BCUT2D eigenvalue weighted by molar-refractivity contribution is 9.10. The molecular weight excluding hydrogens is 412 g/mol. The van der Waals surface area contributed by atoms with Crippen LogP contribution < -0.4 is 15.8 Å². The van der Waals surface area contributed by atoms with Crippen LogP contribution in [0, 0.1) is 5.92 Å². The third-order valence-corrected chi connectivity index (χ3v) is 4.61. The van der Waals surface area contributed by atoms with Crippen molar-refractivity contribution in [3.8, 4) is 0 Å². The Kier molecular flexibility index (Phi) is 5.10. The molecule has 7 nitrogen and oxygen atoms in total. The zero-order valence-corrected chi connectivity index (χ0v) is 15.2. The number of anilines is 1. The van der Waals surface area contributed by atoms with Gasteiger partial charge >= 0.3 is 0 Å². The van der Waals surface area contributed by atoms with Crippen LogP contribution in [-0.2, 0) is 9.59 Å². The first-order valence-corrected chi connectivity index (χ1v) is 8.62. The highest BCUT2D eigenvalue weighted by Crippen LogP contribution is 2.30. The number of aromatic amines is 1. The maximum absolute atomic E-state index is 12.2. The van der Waals surface area contributed by atoms with Crippen LogP contribution in [0.4, 0.5) is 5.69 Å². The molecule has 3 rings (SSSR count). The fourth-order valence-electron chi connectivity index (χ4n) is 2.57. The molecule has 1 fully saturated rings. The Labute approximate surface area is 156 Å². The molecule has 130 valence electrons. The summed E-state index contributed by atoms with van der Waals surface area (Å²) in [5.41, 5.74) is 5.55. The van der Waals surface area contributed by atoms with E-state index in [4.69, 9.17) is 11.6 Å². The number of benzene rings is 1. The molecule has 3 amide bonds. The maximum Gasteiger partial charge on any atom is 0.286 e. The van der Waals surface area contributed by atoms with Crippen molar-refractivity contribution in [2.24, 2.45) is 5.92 Å². The highest BCUT2D eigenvalue weighted by Gasteiger charge is 2.36. The van der Waals surface area contributed by atoms with E-state index < -0.39 is 17.7 Å². The summed E-state index contributed by atoms with van der Waals surface area (Å²) in [6.07, 6.45) is 1.66. The number of hydrogen-bond donors (Lipinski definition) is 3. The lowest BCUT2D eigenvalue weighted by atomic mass is 10.1. The Morgan fingerprint density at radius 2 is 2.04 bits per heavy atom. The van der Waals surface area contributed by atoms with E-state index in [2.05, 4.69) is 31.8 Å². The molecule has 3 N–H and O–H groups in total. The molecule has 0 bridgehead atoms. The minimum Gasteiger partial charge on any atom is -0.356 e. The molecule has 0 saturated carbocycles. The Morgan fingerprint density at radius 3 is 2.72 bits per heavy atom. The Balaban J connectivity index is 1.59. The largest absolute Gasteiger partial charge is 0.356 e. The van der Waals surface area contributed by atoms with Crippen molar-refractivity contribution in [2.45, 2.75) is 6.42 Å². The van der Waals surface area contributed by atoms with Crippen molar-refractivity contribution >= 4 is 50.9 Å². The third kappa shape index (κ3) is 3.85. The average molecular weight is 426 g/mol. The molecule has 1 aromatic heterocycles. The second-order valence-electron chi connectivity index (χ2n) is 5.53. The van der Waals surface area contributed by atoms with Crippen LogP contribution in [0.2, 0.25) is 5.02 Å². The molecule has 1 unspecified atom stereocenters. The first-order valence-electron chi connectivity index (χ1n) is 7.44. The maximum atomic E-state index is 12.2.